The maximum absolute atomic E-state index is 12.5. The van der Waals surface area contributed by atoms with E-state index >= 15 is 0 Å². The maximum atomic E-state index is 12.5. The van der Waals surface area contributed by atoms with Gasteiger partial charge < -0.3 is 19.4 Å². The van der Waals surface area contributed by atoms with E-state index < -0.39 is 0 Å². The lowest BCUT2D eigenvalue weighted by Crippen LogP contribution is -2.30. The summed E-state index contributed by atoms with van der Waals surface area (Å²) in [7, 11) is 1.62. The number of ether oxygens (including phenoxy) is 1. The molecule has 1 aromatic heterocycles. The Labute approximate surface area is 159 Å². The average molecular weight is 366 g/mol. The van der Waals surface area contributed by atoms with Crippen LogP contribution in [0.5, 0.6) is 5.75 Å². The lowest BCUT2D eigenvalue weighted by Gasteiger charge is -2.23. The summed E-state index contributed by atoms with van der Waals surface area (Å²) in [5.74, 6) is 0.943. The van der Waals surface area contributed by atoms with Gasteiger partial charge in [-0.25, -0.2) is 0 Å². The summed E-state index contributed by atoms with van der Waals surface area (Å²) in [6.45, 7) is 6.45. The first-order valence-corrected chi connectivity index (χ1v) is 9.29. The van der Waals surface area contributed by atoms with Gasteiger partial charge in [-0.15, -0.1) is 0 Å². The standard InChI is InChI=1S/C22H26N2O3/c1-4-24(17-9-6-5-7-10-17)14-8-13-23-22(25)21-16(2)19-15-18(26-3)11-12-20(19)27-21/h5-7,9-12,15H,4,8,13-14H2,1-3H3,(H,23,25). The number of rotatable bonds is 8. The molecule has 1 heterocycles. The molecule has 27 heavy (non-hydrogen) atoms. The van der Waals surface area contributed by atoms with E-state index in [0.29, 0.717) is 17.9 Å². The van der Waals surface area contributed by atoms with Crippen molar-refractivity contribution in [3.8, 4) is 5.75 Å². The molecule has 0 spiro atoms. The predicted octanol–water partition coefficient (Wildman–Crippen LogP) is 4.40. The summed E-state index contributed by atoms with van der Waals surface area (Å²) in [5, 5.41) is 3.87. The Hall–Kier alpha value is -2.95. The van der Waals surface area contributed by atoms with Gasteiger partial charge in [-0.3, -0.25) is 4.79 Å². The van der Waals surface area contributed by atoms with Crippen LogP contribution in [-0.2, 0) is 0 Å². The van der Waals surface area contributed by atoms with E-state index in [4.69, 9.17) is 9.15 Å². The summed E-state index contributed by atoms with van der Waals surface area (Å²) >= 11 is 0. The molecule has 142 valence electrons. The third-order valence-corrected chi connectivity index (χ3v) is 4.74. The minimum absolute atomic E-state index is 0.176. The number of hydrogen-bond acceptors (Lipinski definition) is 4. The molecule has 2 aromatic carbocycles. The number of furan rings is 1. The van der Waals surface area contributed by atoms with Crippen molar-refractivity contribution in [1.82, 2.24) is 5.32 Å². The number of amides is 1. The summed E-state index contributed by atoms with van der Waals surface area (Å²) in [5.41, 5.74) is 2.73. The zero-order valence-corrected chi connectivity index (χ0v) is 16.1. The van der Waals surface area contributed by atoms with Gasteiger partial charge in [-0.2, -0.15) is 0 Å². The number of nitrogens with zero attached hydrogens (tertiary/aromatic N) is 1. The van der Waals surface area contributed by atoms with Crippen LogP contribution in [0.4, 0.5) is 5.69 Å². The van der Waals surface area contributed by atoms with Crippen LogP contribution < -0.4 is 15.0 Å². The van der Waals surface area contributed by atoms with Crippen LogP contribution in [0.1, 0.15) is 29.5 Å². The van der Waals surface area contributed by atoms with Crippen LogP contribution >= 0.6 is 0 Å². The zero-order valence-electron chi connectivity index (χ0n) is 16.1. The summed E-state index contributed by atoms with van der Waals surface area (Å²) in [6, 6.07) is 15.9. The number of carbonyl (C=O) groups is 1. The summed E-state index contributed by atoms with van der Waals surface area (Å²) in [6.07, 6.45) is 0.863. The number of aryl methyl sites for hydroxylation is 1. The Morgan fingerprint density at radius 1 is 1.19 bits per heavy atom. The van der Waals surface area contributed by atoms with Crippen molar-refractivity contribution in [2.75, 3.05) is 31.6 Å². The molecule has 1 N–H and O–H groups in total. The van der Waals surface area contributed by atoms with Gasteiger partial charge in [-0.1, -0.05) is 18.2 Å². The van der Waals surface area contributed by atoms with Crippen molar-refractivity contribution < 1.29 is 13.9 Å². The van der Waals surface area contributed by atoms with E-state index in [2.05, 4.69) is 29.3 Å². The third kappa shape index (κ3) is 4.25. The SMILES string of the molecule is CCN(CCCNC(=O)c1oc2ccc(OC)cc2c1C)c1ccccc1. The van der Waals surface area contributed by atoms with Crippen molar-refractivity contribution in [2.24, 2.45) is 0 Å². The molecule has 0 aliphatic rings. The number of anilines is 1. The van der Waals surface area contributed by atoms with Gasteiger partial charge in [-0.05, 0) is 50.6 Å². The van der Waals surface area contributed by atoms with E-state index in [0.717, 1.165) is 36.2 Å². The lowest BCUT2D eigenvalue weighted by atomic mass is 10.1. The number of carbonyl (C=O) groups excluding carboxylic acids is 1. The second-order valence-electron chi connectivity index (χ2n) is 6.44. The fourth-order valence-corrected chi connectivity index (χ4v) is 3.20. The molecular formula is C22H26N2O3. The fourth-order valence-electron chi connectivity index (χ4n) is 3.20. The molecule has 0 unspecified atom stereocenters. The van der Waals surface area contributed by atoms with Gasteiger partial charge in [0.25, 0.3) is 5.91 Å². The Kier molecular flexibility index (Phi) is 6.01. The van der Waals surface area contributed by atoms with Gasteiger partial charge in [0.05, 0.1) is 7.11 Å². The number of para-hydroxylation sites is 1. The summed E-state index contributed by atoms with van der Waals surface area (Å²) in [4.78, 5) is 14.8. The lowest BCUT2D eigenvalue weighted by molar-refractivity contribution is 0.0927. The molecule has 5 nitrogen and oxygen atoms in total. The number of nitrogens with one attached hydrogen (secondary N) is 1. The third-order valence-electron chi connectivity index (χ3n) is 4.74. The molecule has 1 amide bonds. The molecule has 0 saturated heterocycles. The molecule has 0 aliphatic carbocycles. The van der Waals surface area contributed by atoms with Crippen molar-refractivity contribution in [3.05, 3.63) is 59.9 Å². The van der Waals surface area contributed by atoms with Crippen LogP contribution in [0.25, 0.3) is 11.0 Å². The van der Waals surface area contributed by atoms with E-state index in [1.165, 1.54) is 5.69 Å². The van der Waals surface area contributed by atoms with E-state index in [1.807, 2.05) is 43.3 Å². The van der Waals surface area contributed by atoms with Crippen molar-refractivity contribution in [2.45, 2.75) is 20.3 Å². The van der Waals surface area contributed by atoms with Crippen molar-refractivity contribution in [3.63, 3.8) is 0 Å². The maximum Gasteiger partial charge on any atom is 0.287 e. The molecule has 3 aromatic rings. The first-order chi connectivity index (χ1) is 13.1. The molecule has 3 rings (SSSR count). The van der Waals surface area contributed by atoms with E-state index in [9.17, 15) is 4.79 Å². The second-order valence-corrected chi connectivity index (χ2v) is 6.44. The van der Waals surface area contributed by atoms with Crippen molar-refractivity contribution in [1.29, 1.82) is 0 Å². The van der Waals surface area contributed by atoms with Gasteiger partial charge >= 0.3 is 0 Å². The highest BCUT2D eigenvalue weighted by Gasteiger charge is 2.17. The molecule has 0 atom stereocenters. The molecule has 0 fully saturated rings. The van der Waals surface area contributed by atoms with E-state index in [1.54, 1.807) is 7.11 Å². The minimum atomic E-state index is -0.176. The zero-order chi connectivity index (χ0) is 19.2. The Balaban J connectivity index is 1.58. The highest BCUT2D eigenvalue weighted by molar-refractivity contribution is 5.99. The normalized spacial score (nSPS) is 10.8. The molecule has 0 saturated carbocycles. The monoisotopic (exact) mass is 366 g/mol. The van der Waals surface area contributed by atoms with Gasteiger partial charge in [0, 0.05) is 36.3 Å². The number of hydrogen-bond donors (Lipinski definition) is 1. The Bertz CT molecular complexity index is 903. The highest BCUT2D eigenvalue weighted by atomic mass is 16.5. The van der Waals surface area contributed by atoms with Gasteiger partial charge in [0.15, 0.2) is 5.76 Å². The molecule has 0 aliphatic heterocycles. The number of fused-ring (bicyclic) bond motifs is 1. The molecule has 0 radical (unpaired) electrons. The first-order valence-electron chi connectivity index (χ1n) is 9.29. The second kappa shape index (κ2) is 8.62. The largest absolute Gasteiger partial charge is 0.497 e. The Morgan fingerprint density at radius 3 is 2.67 bits per heavy atom. The average Bonchev–Trinajstić information content (AvgIpc) is 3.04. The Morgan fingerprint density at radius 2 is 1.96 bits per heavy atom. The molecule has 0 bridgehead atoms. The minimum Gasteiger partial charge on any atom is -0.497 e. The predicted molar refractivity (Wildman–Crippen MR) is 109 cm³/mol. The van der Waals surface area contributed by atoms with E-state index in [-0.39, 0.29) is 5.91 Å². The quantitative estimate of drug-likeness (QED) is 0.601. The van der Waals surface area contributed by atoms with Crippen LogP contribution in [0, 0.1) is 6.92 Å². The van der Waals surface area contributed by atoms with Crippen LogP contribution in [0.2, 0.25) is 0 Å². The number of benzene rings is 2. The van der Waals surface area contributed by atoms with Crippen LogP contribution in [0.3, 0.4) is 0 Å². The topological polar surface area (TPSA) is 54.7 Å². The molecule has 5 heteroatoms. The van der Waals surface area contributed by atoms with Crippen LogP contribution in [-0.4, -0.2) is 32.7 Å². The smallest absolute Gasteiger partial charge is 0.287 e. The van der Waals surface area contributed by atoms with Gasteiger partial charge in [0.1, 0.15) is 11.3 Å². The van der Waals surface area contributed by atoms with Crippen molar-refractivity contribution >= 4 is 22.6 Å². The fraction of sp³-hybridized carbons (Fsp3) is 0.318. The summed E-state index contributed by atoms with van der Waals surface area (Å²) < 4.78 is 11.0. The first kappa shape index (κ1) is 18.8. The highest BCUT2D eigenvalue weighted by Crippen LogP contribution is 2.28. The van der Waals surface area contributed by atoms with Crippen LogP contribution in [0.15, 0.2) is 52.9 Å². The van der Waals surface area contributed by atoms with Gasteiger partial charge in [0.2, 0.25) is 0 Å². The molecular weight excluding hydrogens is 340 g/mol. The number of methoxy groups -OCH3 is 1.